The van der Waals surface area contributed by atoms with Gasteiger partial charge in [0.1, 0.15) is 6.04 Å². The molecule has 30 heavy (non-hydrogen) atoms. The number of fused-ring (bicyclic) bond motifs is 1. The Morgan fingerprint density at radius 1 is 1.10 bits per heavy atom. The number of hydrogen-bond donors (Lipinski definition) is 2. The summed E-state index contributed by atoms with van der Waals surface area (Å²) in [7, 11) is 1.45. The highest BCUT2D eigenvalue weighted by atomic mass is 16.3. The van der Waals surface area contributed by atoms with Crippen molar-refractivity contribution in [3.8, 4) is 0 Å². The normalized spacial score (nSPS) is 15.9. The first-order chi connectivity index (χ1) is 14.5. The number of benzene rings is 1. The zero-order chi connectivity index (χ0) is 21.3. The van der Waals surface area contributed by atoms with Crippen LogP contribution >= 0.6 is 0 Å². The Balaban J connectivity index is 1.48. The fraction of sp³-hybridized carbons (Fsp3) is 0.250. The van der Waals surface area contributed by atoms with Gasteiger partial charge in [0, 0.05) is 19.0 Å². The van der Waals surface area contributed by atoms with Gasteiger partial charge >= 0.3 is 0 Å². The van der Waals surface area contributed by atoms with Crippen LogP contribution in [0.2, 0.25) is 0 Å². The lowest BCUT2D eigenvalue weighted by molar-refractivity contribution is -0.125. The number of likely N-dealkylation sites (tertiary alicyclic amines) is 1. The van der Waals surface area contributed by atoms with E-state index in [1.807, 2.05) is 0 Å². The second kappa shape index (κ2) is 7.82. The van der Waals surface area contributed by atoms with Crippen LogP contribution in [0.3, 0.4) is 0 Å². The maximum atomic E-state index is 12.6. The van der Waals surface area contributed by atoms with E-state index in [9.17, 15) is 19.2 Å². The lowest BCUT2D eigenvalue weighted by Gasteiger charge is -2.23. The third kappa shape index (κ3) is 3.43. The lowest BCUT2D eigenvalue weighted by Crippen LogP contribution is -2.51. The minimum Gasteiger partial charge on any atom is -0.459 e. The molecule has 3 heterocycles. The molecule has 0 radical (unpaired) electrons. The fourth-order valence-corrected chi connectivity index (χ4v) is 3.55. The van der Waals surface area contributed by atoms with Crippen LogP contribution in [-0.2, 0) is 11.8 Å². The summed E-state index contributed by atoms with van der Waals surface area (Å²) in [5.41, 5.74) is 4.37. The van der Waals surface area contributed by atoms with Gasteiger partial charge in [0.05, 0.1) is 11.6 Å². The summed E-state index contributed by atoms with van der Waals surface area (Å²) in [5.74, 6) is -1.42. The molecule has 154 valence electrons. The van der Waals surface area contributed by atoms with E-state index in [0.29, 0.717) is 30.2 Å². The fourth-order valence-electron chi connectivity index (χ4n) is 3.55. The van der Waals surface area contributed by atoms with E-state index in [0.717, 1.165) is 4.68 Å². The van der Waals surface area contributed by atoms with Gasteiger partial charge in [-0.1, -0.05) is 18.2 Å². The first-order valence-corrected chi connectivity index (χ1v) is 9.38. The van der Waals surface area contributed by atoms with Gasteiger partial charge in [0.2, 0.25) is 0 Å². The Kier molecular flexibility index (Phi) is 5.05. The molecule has 3 amide bonds. The number of hydrogen-bond acceptors (Lipinski definition) is 6. The molecule has 1 atom stereocenters. The van der Waals surface area contributed by atoms with Crippen molar-refractivity contribution in [2.24, 2.45) is 7.05 Å². The molecule has 0 spiro atoms. The molecule has 1 fully saturated rings. The second-order valence-corrected chi connectivity index (χ2v) is 6.90. The highest BCUT2D eigenvalue weighted by molar-refractivity contribution is 6.05. The number of hydrazine groups is 1. The predicted molar refractivity (Wildman–Crippen MR) is 105 cm³/mol. The molecule has 10 nitrogen and oxygen atoms in total. The molecule has 2 N–H and O–H groups in total. The molecule has 0 saturated carbocycles. The Hall–Kier alpha value is -3.95. The van der Waals surface area contributed by atoms with Gasteiger partial charge in [-0.25, -0.2) is 4.68 Å². The summed E-state index contributed by atoms with van der Waals surface area (Å²) in [4.78, 5) is 51.4. The van der Waals surface area contributed by atoms with Crippen LogP contribution in [0.1, 0.15) is 33.9 Å². The van der Waals surface area contributed by atoms with Gasteiger partial charge in [0.25, 0.3) is 23.3 Å². The van der Waals surface area contributed by atoms with Crippen LogP contribution in [0.25, 0.3) is 10.8 Å². The minimum atomic E-state index is -0.729. The summed E-state index contributed by atoms with van der Waals surface area (Å²) in [5, 5.41) is 4.74. The maximum absolute atomic E-state index is 12.6. The van der Waals surface area contributed by atoms with Crippen molar-refractivity contribution in [3.63, 3.8) is 0 Å². The average molecular weight is 409 g/mol. The molecule has 4 rings (SSSR count). The van der Waals surface area contributed by atoms with Gasteiger partial charge < -0.3 is 9.32 Å². The van der Waals surface area contributed by atoms with E-state index in [4.69, 9.17) is 4.42 Å². The summed E-state index contributed by atoms with van der Waals surface area (Å²) in [6.07, 6.45) is 2.52. The molecule has 0 bridgehead atoms. The zero-order valence-corrected chi connectivity index (χ0v) is 16.1. The Morgan fingerprint density at radius 3 is 2.60 bits per heavy atom. The van der Waals surface area contributed by atoms with E-state index >= 15 is 0 Å². The molecule has 0 aliphatic carbocycles. The summed E-state index contributed by atoms with van der Waals surface area (Å²) in [6.45, 7) is 0.415. The van der Waals surface area contributed by atoms with Crippen molar-refractivity contribution in [2.75, 3.05) is 6.54 Å². The number of amides is 3. The van der Waals surface area contributed by atoms with Crippen molar-refractivity contribution in [1.82, 2.24) is 25.5 Å². The first-order valence-electron chi connectivity index (χ1n) is 9.38. The van der Waals surface area contributed by atoms with E-state index in [2.05, 4.69) is 16.0 Å². The minimum absolute atomic E-state index is 0.00272. The largest absolute Gasteiger partial charge is 0.459 e. The topological polar surface area (TPSA) is 127 Å². The molecule has 1 saturated heterocycles. The van der Waals surface area contributed by atoms with Crippen LogP contribution in [0.15, 0.2) is 51.9 Å². The SMILES string of the molecule is Cn1nc(C(=O)NNC(=O)C2CCCN2C(=O)c2ccco2)c2ccccc2c1=O. The van der Waals surface area contributed by atoms with E-state index < -0.39 is 17.9 Å². The number of nitrogens with one attached hydrogen (secondary N) is 2. The van der Waals surface area contributed by atoms with Crippen LogP contribution in [0, 0.1) is 0 Å². The third-order valence-electron chi connectivity index (χ3n) is 5.02. The molecular weight excluding hydrogens is 390 g/mol. The number of carbonyl (C=O) groups excluding carboxylic acids is 3. The van der Waals surface area contributed by atoms with Crippen molar-refractivity contribution in [1.29, 1.82) is 0 Å². The molecule has 2 aromatic heterocycles. The van der Waals surface area contributed by atoms with E-state index in [-0.39, 0.29) is 22.9 Å². The monoisotopic (exact) mass is 409 g/mol. The molecule has 1 aliphatic rings. The van der Waals surface area contributed by atoms with Gasteiger partial charge in [-0.15, -0.1) is 0 Å². The van der Waals surface area contributed by atoms with Crippen LogP contribution in [0.4, 0.5) is 0 Å². The third-order valence-corrected chi connectivity index (χ3v) is 5.02. The Bertz CT molecular complexity index is 1180. The van der Waals surface area contributed by atoms with Crippen molar-refractivity contribution < 1.29 is 18.8 Å². The predicted octanol–water partition coefficient (Wildman–Crippen LogP) is 0.592. The van der Waals surface area contributed by atoms with Gasteiger partial charge in [-0.3, -0.25) is 30.0 Å². The molecular formula is C20H19N5O5. The molecule has 1 unspecified atom stereocenters. The zero-order valence-electron chi connectivity index (χ0n) is 16.1. The summed E-state index contributed by atoms with van der Waals surface area (Å²) in [6, 6.07) is 9.00. The standard InChI is InChI=1S/C20H19N5O5/c1-24-19(28)13-7-3-2-6-12(13)16(23-24)18(27)22-21-17(26)14-8-4-10-25(14)20(29)15-9-5-11-30-15/h2-3,5-7,9,11,14H,4,8,10H2,1H3,(H,21,26)(H,22,27). The number of rotatable bonds is 3. The lowest BCUT2D eigenvalue weighted by atomic mass is 10.1. The van der Waals surface area contributed by atoms with Crippen LogP contribution in [0.5, 0.6) is 0 Å². The quantitative estimate of drug-likeness (QED) is 0.610. The summed E-state index contributed by atoms with van der Waals surface area (Å²) < 4.78 is 6.19. The first kappa shape index (κ1) is 19.4. The number of furan rings is 1. The maximum Gasteiger partial charge on any atom is 0.290 e. The number of aryl methyl sites for hydroxylation is 1. The number of aromatic nitrogens is 2. The molecule has 1 aromatic carbocycles. The van der Waals surface area contributed by atoms with Crippen molar-refractivity contribution >= 4 is 28.5 Å². The molecule has 1 aliphatic heterocycles. The number of nitrogens with zero attached hydrogens (tertiary/aromatic N) is 3. The molecule has 3 aromatic rings. The van der Waals surface area contributed by atoms with Gasteiger partial charge in [-0.05, 0) is 31.0 Å². The number of carbonyl (C=O) groups is 3. The molecule has 10 heteroatoms. The second-order valence-electron chi connectivity index (χ2n) is 6.90. The summed E-state index contributed by atoms with van der Waals surface area (Å²) >= 11 is 0. The van der Waals surface area contributed by atoms with E-state index in [1.165, 1.54) is 24.3 Å². The highest BCUT2D eigenvalue weighted by Crippen LogP contribution is 2.20. The average Bonchev–Trinajstić information content (AvgIpc) is 3.46. The highest BCUT2D eigenvalue weighted by Gasteiger charge is 2.35. The van der Waals surface area contributed by atoms with Crippen molar-refractivity contribution in [3.05, 3.63) is 64.5 Å². The Morgan fingerprint density at radius 2 is 1.87 bits per heavy atom. The smallest absolute Gasteiger partial charge is 0.290 e. The Labute approximate surface area is 170 Å². The van der Waals surface area contributed by atoms with Crippen LogP contribution < -0.4 is 16.4 Å². The van der Waals surface area contributed by atoms with Gasteiger partial charge in [-0.2, -0.15) is 5.10 Å². The van der Waals surface area contributed by atoms with Crippen molar-refractivity contribution in [2.45, 2.75) is 18.9 Å². The van der Waals surface area contributed by atoms with Crippen LogP contribution in [-0.4, -0.2) is 45.0 Å². The van der Waals surface area contributed by atoms with E-state index in [1.54, 1.807) is 30.3 Å². The van der Waals surface area contributed by atoms with Gasteiger partial charge in [0.15, 0.2) is 11.5 Å².